The fourth-order valence-electron chi connectivity index (χ4n) is 3.08. The molecule has 1 aromatic heterocycles. The molecule has 0 radical (unpaired) electrons. The van der Waals surface area contributed by atoms with Gasteiger partial charge in [0.1, 0.15) is 0 Å². The van der Waals surface area contributed by atoms with E-state index in [1.54, 1.807) is 48.5 Å². The van der Waals surface area contributed by atoms with Gasteiger partial charge in [-0.1, -0.05) is 33.6 Å². The summed E-state index contributed by atoms with van der Waals surface area (Å²) >= 11 is 3.37. The number of H-pyrrole nitrogens is 1. The van der Waals surface area contributed by atoms with Crippen LogP contribution in [0.25, 0.3) is 10.9 Å². The van der Waals surface area contributed by atoms with Gasteiger partial charge in [0.05, 0.1) is 5.52 Å². The van der Waals surface area contributed by atoms with Crippen molar-refractivity contribution in [3.8, 4) is 5.88 Å². The van der Waals surface area contributed by atoms with Crippen molar-refractivity contribution in [2.24, 2.45) is 10.2 Å². The zero-order valence-electron chi connectivity index (χ0n) is 16.4. The minimum Gasteiger partial charge on any atom is -0.493 e. The SMILES string of the molecule is Cc1cccc(C(=O)Nc2ccc(C(=O)N=Nc3c(O)[nH]c4ccc(Br)cc34)cc2)c1. The van der Waals surface area contributed by atoms with Crippen LogP contribution >= 0.6 is 15.9 Å². The van der Waals surface area contributed by atoms with Crippen molar-refractivity contribution in [1.82, 2.24) is 4.98 Å². The van der Waals surface area contributed by atoms with Crippen LogP contribution in [-0.4, -0.2) is 21.9 Å². The minimum absolute atomic E-state index is 0.168. The highest BCUT2D eigenvalue weighted by molar-refractivity contribution is 9.10. The molecular weight excluding hydrogens is 460 g/mol. The molecule has 0 aliphatic rings. The second kappa shape index (κ2) is 8.53. The molecule has 4 rings (SSSR count). The Labute approximate surface area is 186 Å². The van der Waals surface area contributed by atoms with Crippen molar-refractivity contribution in [1.29, 1.82) is 0 Å². The Kier molecular flexibility index (Phi) is 5.64. The number of anilines is 1. The second-order valence-corrected chi connectivity index (χ2v) is 7.83. The first-order valence-electron chi connectivity index (χ1n) is 9.35. The fourth-order valence-corrected chi connectivity index (χ4v) is 3.44. The van der Waals surface area contributed by atoms with Gasteiger partial charge in [-0.25, -0.2) is 0 Å². The van der Waals surface area contributed by atoms with Crippen LogP contribution in [0.1, 0.15) is 26.3 Å². The number of hydrogen-bond acceptors (Lipinski definition) is 4. The molecule has 3 N–H and O–H groups in total. The summed E-state index contributed by atoms with van der Waals surface area (Å²) in [7, 11) is 0. The Hall–Kier alpha value is -3.78. The van der Waals surface area contributed by atoms with Gasteiger partial charge in [0.25, 0.3) is 11.8 Å². The van der Waals surface area contributed by atoms with Crippen molar-refractivity contribution in [3.05, 3.63) is 87.9 Å². The maximum atomic E-state index is 12.4. The molecule has 3 aromatic carbocycles. The number of benzene rings is 3. The molecular formula is C23H17BrN4O3. The summed E-state index contributed by atoms with van der Waals surface area (Å²) in [6.07, 6.45) is 0. The lowest BCUT2D eigenvalue weighted by Gasteiger charge is -2.06. The van der Waals surface area contributed by atoms with Crippen LogP contribution in [-0.2, 0) is 0 Å². The molecule has 2 amide bonds. The number of rotatable bonds is 4. The molecule has 0 unspecified atom stereocenters. The van der Waals surface area contributed by atoms with Crippen LogP contribution in [0.5, 0.6) is 5.88 Å². The van der Waals surface area contributed by atoms with E-state index in [0.717, 1.165) is 10.0 Å². The van der Waals surface area contributed by atoms with Crippen molar-refractivity contribution in [3.63, 3.8) is 0 Å². The first-order valence-corrected chi connectivity index (χ1v) is 10.1. The number of halogens is 1. The van der Waals surface area contributed by atoms with Crippen LogP contribution in [0.15, 0.2) is 81.4 Å². The van der Waals surface area contributed by atoms with Gasteiger partial charge in [-0.15, -0.1) is 10.2 Å². The summed E-state index contributed by atoms with van der Waals surface area (Å²) in [4.78, 5) is 27.5. The lowest BCUT2D eigenvalue weighted by Crippen LogP contribution is -2.12. The number of carbonyl (C=O) groups is 2. The Morgan fingerprint density at radius 3 is 2.52 bits per heavy atom. The summed E-state index contributed by atoms with van der Waals surface area (Å²) in [5, 5.41) is 21.2. The van der Waals surface area contributed by atoms with E-state index < -0.39 is 5.91 Å². The lowest BCUT2D eigenvalue weighted by molar-refractivity contribution is 0.0993. The molecule has 0 aliphatic carbocycles. The molecule has 0 spiro atoms. The minimum atomic E-state index is -0.569. The third-order valence-corrected chi connectivity index (χ3v) is 5.12. The third kappa shape index (κ3) is 4.54. The molecule has 0 aliphatic heterocycles. The standard InChI is InChI=1S/C23H17BrN4O3/c1-13-3-2-4-15(11-13)21(29)25-17-8-5-14(6-9-17)22(30)28-27-20-18-12-16(24)7-10-19(18)26-23(20)31/h2-12,26,31H,1H3,(H,25,29). The number of aryl methyl sites for hydroxylation is 1. The van der Waals surface area contributed by atoms with Gasteiger partial charge in [-0.3, -0.25) is 9.59 Å². The van der Waals surface area contributed by atoms with Crippen LogP contribution < -0.4 is 5.32 Å². The van der Waals surface area contributed by atoms with E-state index in [2.05, 4.69) is 36.5 Å². The Balaban J connectivity index is 1.48. The monoisotopic (exact) mass is 476 g/mol. The number of nitrogens with zero attached hydrogens (tertiary/aromatic N) is 2. The second-order valence-electron chi connectivity index (χ2n) is 6.92. The van der Waals surface area contributed by atoms with Crippen molar-refractivity contribution < 1.29 is 14.7 Å². The molecule has 154 valence electrons. The molecule has 0 fully saturated rings. The van der Waals surface area contributed by atoms with E-state index in [1.807, 2.05) is 25.1 Å². The Bertz CT molecular complexity index is 1330. The zero-order chi connectivity index (χ0) is 22.0. The molecule has 0 saturated heterocycles. The first-order chi connectivity index (χ1) is 14.9. The quantitative estimate of drug-likeness (QED) is 0.308. The van der Waals surface area contributed by atoms with E-state index >= 15 is 0 Å². The fraction of sp³-hybridized carbons (Fsp3) is 0.0435. The van der Waals surface area contributed by atoms with E-state index in [1.165, 1.54) is 0 Å². The molecule has 0 bridgehead atoms. The maximum Gasteiger partial charge on any atom is 0.295 e. The van der Waals surface area contributed by atoms with Gasteiger partial charge >= 0.3 is 0 Å². The Morgan fingerprint density at radius 1 is 1.00 bits per heavy atom. The molecule has 31 heavy (non-hydrogen) atoms. The zero-order valence-corrected chi connectivity index (χ0v) is 18.0. The normalized spacial score (nSPS) is 11.2. The number of hydrogen-bond donors (Lipinski definition) is 3. The maximum absolute atomic E-state index is 12.4. The number of aromatic hydroxyl groups is 1. The average Bonchev–Trinajstić information content (AvgIpc) is 3.06. The van der Waals surface area contributed by atoms with Gasteiger partial charge in [0.2, 0.25) is 5.88 Å². The number of azo groups is 1. The molecule has 1 heterocycles. The highest BCUT2D eigenvalue weighted by atomic mass is 79.9. The van der Waals surface area contributed by atoms with Crippen LogP contribution in [0.3, 0.4) is 0 Å². The van der Waals surface area contributed by atoms with E-state index in [-0.39, 0.29) is 17.5 Å². The number of aromatic amines is 1. The summed E-state index contributed by atoms with van der Waals surface area (Å²) in [5.74, 6) is -0.970. The van der Waals surface area contributed by atoms with Crippen molar-refractivity contribution >= 4 is 50.0 Å². The van der Waals surface area contributed by atoms with Gasteiger partial charge < -0.3 is 15.4 Å². The van der Waals surface area contributed by atoms with Crippen molar-refractivity contribution in [2.75, 3.05) is 5.32 Å². The molecule has 0 atom stereocenters. The van der Waals surface area contributed by atoms with Crippen LogP contribution in [0.2, 0.25) is 0 Å². The van der Waals surface area contributed by atoms with Gasteiger partial charge in [-0.05, 0) is 61.5 Å². The van der Waals surface area contributed by atoms with Gasteiger partial charge in [-0.2, -0.15) is 0 Å². The topological polar surface area (TPSA) is 107 Å². The van der Waals surface area contributed by atoms with Gasteiger partial charge in [0.15, 0.2) is 5.69 Å². The molecule has 0 saturated carbocycles. The van der Waals surface area contributed by atoms with Crippen LogP contribution in [0.4, 0.5) is 11.4 Å². The van der Waals surface area contributed by atoms with Crippen molar-refractivity contribution in [2.45, 2.75) is 6.92 Å². The number of fused-ring (bicyclic) bond motifs is 1. The summed E-state index contributed by atoms with van der Waals surface area (Å²) in [6, 6.07) is 19.0. The average molecular weight is 477 g/mol. The lowest BCUT2D eigenvalue weighted by atomic mass is 10.1. The molecule has 4 aromatic rings. The first kappa shape index (κ1) is 20.5. The molecule has 8 heteroatoms. The van der Waals surface area contributed by atoms with E-state index in [0.29, 0.717) is 27.7 Å². The third-order valence-electron chi connectivity index (χ3n) is 4.62. The van der Waals surface area contributed by atoms with E-state index in [4.69, 9.17) is 0 Å². The molecule has 7 nitrogen and oxygen atoms in total. The van der Waals surface area contributed by atoms with E-state index in [9.17, 15) is 14.7 Å². The summed E-state index contributed by atoms with van der Waals surface area (Å²) < 4.78 is 0.810. The smallest absolute Gasteiger partial charge is 0.295 e. The van der Waals surface area contributed by atoms with Crippen LogP contribution in [0, 0.1) is 6.92 Å². The van der Waals surface area contributed by atoms with Gasteiger partial charge in [0, 0.05) is 26.7 Å². The number of amides is 2. The largest absolute Gasteiger partial charge is 0.493 e. The predicted molar refractivity (Wildman–Crippen MR) is 122 cm³/mol. The highest BCUT2D eigenvalue weighted by Gasteiger charge is 2.12. The summed E-state index contributed by atoms with van der Waals surface area (Å²) in [5.41, 5.74) is 3.27. The Morgan fingerprint density at radius 2 is 1.77 bits per heavy atom. The number of aromatic nitrogens is 1. The highest BCUT2D eigenvalue weighted by Crippen LogP contribution is 2.36. The number of nitrogens with one attached hydrogen (secondary N) is 2. The number of carbonyl (C=O) groups excluding carboxylic acids is 2. The summed E-state index contributed by atoms with van der Waals surface area (Å²) in [6.45, 7) is 1.92. The predicted octanol–water partition coefficient (Wildman–Crippen LogP) is 6.12.